The average molecular weight is 413 g/mol. The number of hydrogen-bond donors (Lipinski definition) is 2. The Hall–Kier alpha value is -3.13. The molecule has 8 heteroatoms. The molecule has 0 fully saturated rings. The molecule has 0 bridgehead atoms. The van der Waals surface area contributed by atoms with Crippen LogP contribution in [-0.2, 0) is 12.8 Å². The van der Waals surface area contributed by atoms with Crippen LogP contribution in [0.1, 0.15) is 44.0 Å². The van der Waals surface area contributed by atoms with E-state index in [4.69, 9.17) is 0 Å². The van der Waals surface area contributed by atoms with Gasteiger partial charge in [0.2, 0.25) is 0 Å². The maximum absolute atomic E-state index is 14.0. The van der Waals surface area contributed by atoms with Gasteiger partial charge in [0, 0.05) is 23.3 Å². The van der Waals surface area contributed by atoms with Gasteiger partial charge in [0.15, 0.2) is 0 Å². The van der Waals surface area contributed by atoms with Gasteiger partial charge in [0.1, 0.15) is 16.6 Å². The Morgan fingerprint density at radius 1 is 1.03 bits per heavy atom. The van der Waals surface area contributed by atoms with E-state index in [2.05, 4.69) is 15.6 Å². The van der Waals surface area contributed by atoms with Gasteiger partial charge in [-0.25, -0.2) is 8.78 Å². The smallest absolute Gasteiger partial charge is 0.259 e. The van der Waals surface area contributed by atoms with E-state index in [-0.39, 0.29) is 11.6 Å². The number of fused-ring (bicyclic) bond motifs is 1. The number of thiophene rings is 1. The Balaban J connectivity index is 1.66. The number of halogens is 2. The van der Waals surface area contributed by atoms with E-state index >= 15 is 0 Å². The molecule has 2 heterocycles. The van der Waals surface area contributed by atoms with E-state index in [0.717, 1.165) is 35.8 Å². The van der Waals surface area contributed by atoms with Crippen molar-refractivity contribution in [1.82, 2.24) is 4.98 Å². The van der Waals surface area contributed by atoms with E-state index in [0.29, 0.717) is 28.6 Å². The minimum atomic E-state index is -0.858. The monoisotopic (exact) mass is 413 g/mol. The number of rotatable bonds is 4. The first-order valence-electron chi connectivity index (χ1n) is 9.15. The molecule has 0 aliphatic heterocycles. The largest absolute Gasteiger partial charge is 0.319 e. The molecule has 2 aromatic heterocycles. The van der Waals surface area contributed by atoms with Gasteiger partial charge in [-0.1, -0.05) is 0 Å². The topological polar surface area (TPSA) is 71.1 Å². The first-order valence-corrected chi connectivity index (χ1v) is 9.97. The Kier molecular flexibility index (Phi) is 5.35. The molecule has 5 nitrogen and oxygen atoms in total. The molecule has 148 valence electrons. The highest BCUT2D eigenvalue weighted by Crippen LogP contribution is 2.39. The van der Waals surface area contributed by atoms with Crippen LogP contribution >= 0.6 is 11.3 Å². The second kappa shape index (κ2) is 8.08. The SMILES string of the molecule is O=C(Nc1sc2c(c1C(=O)Nc1ccc(F)cc1F)CCCC2)c1cccnc1. The van der Waals surface area contributed by atoms with Gasteiger partial charge in [0.05, 0.1) is 16.8 Å². The van der Waals surface area contributed by atoms with Crippen molar-refractivity contribution in [2.45, 2.75) is 25.7 Å². The van der Waals surface area contributed by atoms with Crippen LogP contribution in [0.25, 0.3) is 0 Å². The lowest BCUT2D eigenvalue weighted by molar-refractivity contribution is 0.102. The lowest BCUT2D eigenvalue weighted by atomic mass is 9.95. The van der Waals surface area contributed by atoms with Gasteiger partial charge in [-0.3, -0.25) is 14.6 Å². The summed E-state index contributed by atoms with van der Waals surface area (Å²) in [6.07, 6.45) is 6.49. The van der Waals surface area contributed by atoms with Crippen LogP contribution in [-0.4, -0.2) is 16.8 Å². The molecule has 1 aliphatic rings. The summed E-state index contributed by atoms with van der Waals surface area (Å²) in [4.78, 5) is 30.5. The van der Waals surface area contributed by atoms with Crippen LogP contribution in [0, 0.1) is 11.6 Å². The van der Waals surface area contributed by atoms with Gasteiger partial charge in [-0.15, -0.1) is 11.3 Å². The summed E-state index contributed by atoms with van der Waals surface area (Å²) in [5.74, 6) is -2.49. The Bertz CT molecular complexity index is 1080. The van der Waals surface area contributed by atoms with Crippen LogP contribution in [0.2, 0.25) is 0 Å². The molecule has 0 saturated carbocycles. The lowest BCUT2D eigenvalue weighted by Gasteiger charge is -2.13. The number of hydrogen-bond acceptors (Lipinski definition) is 4. The summed E-state index contributed by atoms with van der Waals surface area (Å²) >= 11 is 1.36. The quantitative estimate of drug-likeness (QED) is 0.645. The fraction of sp³-hybridized carbons (Fsp3) is 0.190. The summed E-state index contributed by atoms with van der Waals surface area (Å²) in [5.41, 5.74) is 1.47. The second-order valence-electron chi connectivity index (χ2n) is 6.69. The van der Waals surface area contributed by atoms with Crippen LogP contribution in [0.3, 0.4) is 0 Å². The first kappa shape index (κ1) is 19.2. The average Bonchev–Trinajstić information content (AvgIpc) is 3.08. The third-order valence-corrected chi connectivity index (χ3v) is 5.94. The van der Waals surface area contributed by atoms with E-state index in [1.165, 1.54) is 23.6 Å². The highest BCUT2D eigenvalue weighted by atomic mass is 32.1. The molecule has 29 heavy (non-hydrogen) atoms. The van der Waals surface area contributed by atoms with Crippen molar-refractivity contribution in [2.24, 2.45) is 0 Å². The van der Waals surface area contributed by atoms with Gasteiger partial charge in [-0.05, 0) is 55.5 Å². The first-order chi connectivity index (χ1) is 14.0. The van der Waals surface area contributed by atoms with Gasteiger partial charge in [0.25, 0.3) is 11.8 Å². The van der Waals surface area contributed by atoms with Crippen molar-refractivity contribution < 1.29 is 18.4 Å². The molecule has 0 atom stereocenters. The summed E-state index contributed by atoms with van der Waals surface area (Å²) in [7, 11) is 0. The highest BCUT2D eigenvalue weighted by molar-refractivity contribution is 7.17. The minimum Gasteiger partial charge on any atom is -0.319 e. The van der Waals surface area contributed by atoms with Gasteiger partial charge >= 0.3 is 0 Å². The predicted octanol–water partition coefficient (Wildman–Crippen LogP) is 4.80. The summed E-state index contributed by atoms with van der Waals surface area (Å²) < 4.78 is 27.1. The van der Waals surface area contributed by atoms with Crippen molar-refractivity contribution in [2.75, 3.05) is 10.6 Å². The molecule has 4 rings (SSSR count). The third-order valence-electron chi connectivity index (χ3n) is 4.73. The Morgan fingerprint density at radius 3 is 2.62 bits per heavy atom. The summed E-state index contributed by atoms with van der Waals surface area (Å²) in [5, 5.41) is 5.73. The van der Waals surface area contributed by atoms with Crippen LogP contribution in [0.4, 0.5) is 19.5 Å². The number of pyridine rings is 1. The zero-order chi connectivity index (χ0) is 20.4. The van der Waals surface area contributed by atoms with Crippen molar-refractivity contribution in [3.05, 3.63) is 75.9 Å². The molecular weight excluding hydrogens is 396 g/mol. The molecule has 0 unspecified atom stereocenters. The van der Waals surface area contributed by atoms with Crippen LogP contribution < -0.4 is 10.6 Å². The zero-order valence-corrected chi connectivity index (χ0v) is 16.1. The van der Waals surface area contributed by atoms with Crippen molar-refractivity contribution in [3.63, 3.8) is 0 Å². The van der Waals surface area contributed by atoms with Crippen molar-refractivity contribution >= 4 is 33.8 Å². The third kappa shape index (κ3) is 4.02. The fourth-order valence-electron chi connectivity index (χ4n) is 3.34. The standard InChI is InChI=1S/C21H17F2N3O2S/c22-13-7-8-16(15(23)10-13)25-20(28)18-14-5-1-2-6-17(14)29-21(18)26-19(27)12-4-3-9-24-11-12/h3-4,7-11H,1-2,5-6H2,(H,25,28)(H,26,27). The molecule has 2 N–H and O–H groups in total. The van der Waals surface area contributed by atoms with Crippen molar-refractivity contribution in [3.8, 4) is 0 Å². The van der Waals surface area contributed by atoms with Crippen molar-refractivity contribution in [1.29, 1.82) is 0 Å². The molecule has 0 saturated heterocycles. The molecule has 3 aromatic rings. The van der Waals surface area contributed by atoms with E-state index < -0.39 is 17.5 Å². The Morgan fingerprint density at radius 2 is 1.86 bits per heavy atom. The normalized spacial score (nSPS) is 12.9. The summed E-state index contributed by atoms with van der Waals surface area (Å²) in [6, 6.07) is 6.24. The number of carbonyl (C=O) groups excluding carboxylic acids is 2. The van der Waals surface area contributed by atoms with E-state index in [9.17, 15) is 18.4 Å². The molecular formula is C21H17F2N3O2S. The number of anilines is 2. The molecule has 0 spiro atoms. The molecule has 2 amide bonds. The number of carbonyl (C=O) groups is 2. The number of nitrogens with zero attached hydrogens (tertiary/aromatic N) is 1. The summed E-state index contributed by atoms with van der Waals surface area (Å²) in [6.45, 7) is 0. The number of benzene rings is 1. The lowest BCUT2D eigenvalue weighted by Crippen LogP contribution is -2.19. The number of amides is 2. The van der Waals surface area contributed by atoms with Gasteiger partial charge < -0.3 is 10.6 Å². The number of aryl methyl sites for hydroxylation is 1. The van der Waals surface area contributed by atoms with Gasteiger partial charge in [-0.2, -0.15) is 0 Å². The molecule has 1 aromatic carbocycles. The Labute approximate surface area is 169 Å². The number of nitrogens with one attached hydrogen (secondary N) is 2. The highest BCUT2D eigenvalue weighted by Gasteiger charge is 2.27. The maximum atomic E-state index is 14.0. The van der Waals surface area contributed by atoms with Crippen LogP contribution in [0.5, 0.6) is 0 Å². The molecule has 0 radical (unpaired) electrons. The zero-order valence-electron chi connectivity index (χ0n) is 15.3. The number of aromatic nitrogens is 1. The maximum Gasteiger partial charge on any atom is 0.259 e. The molecule has 1 aliphatic carbocycles. The predicted molar refractivity (Wildman–Crippen MR) is 107 cm³/mol. The fourth-order valence-corrected chi connectivity index (χ4v) is 4.62. The second-order valence-corrected chi connectivity index (χ2v) is 7.79. The minimum absolute atomic E-state index is 0.114. The van der Waals surface area contributed by atoms with E-state index in [1.807, 2.05) is 0 Å². The van der Waals surface area contributed by atoms with Crippen LogP contribution in [0.15, 0.2) is 42.7 Å². The van der Waals surface area contributed by atoms with E-state index in [1.54, 1.807) is 18.3 Å².